The van der Waals surface area contributed by atoms with Crippen LogP contribution < -0.4 is 4.90 Å². The predicted octanol–water partition coefficient (Wildman–Crippen LogP) is 16.3. The second kappa shape index (κ2) is 12.3. The first kappa shape index (κ1) is 34.6. The Morgan fingerprint density at radius 3 is 1.71 bits per heavy atom. The highest BCUT2D eigenvalue weighted by Crippen LogP contribution is 2.66. The van der Waals surface area contributed by atoms with Gasteiger partial charge in [-0.1, -0.05) is 173 Å². The Labute approximate surface area is 346 Å². The molecule has 0 amide bonds. The molecule has 1 nitrogen and oxygen atoms in total. The molecule has 2 aliphatic rings. The molecule has 12 rings (SSSR count). The average Bonchev–Trinajstić information content (AvgIpc) is 3.48. The van der Waals surface area contributed by atoms with Crippen molar-refractivity contribution in [2.45, 2.75) is 57.9 Å². The van der Waals surface area contributed by atoms with Gasteiger partial charge in [-0.15, -0.1) is 0 Å². The minimum atomic E-state index is -0.102. The number of nitrogens with zero attached hydrogens (tertiary/aromatic N) is 1. The van der Waals surface area contributed by atoms with Gasteiger partial charge in [0, 0.05) is 16.8 Å². The lowest BCUT2D eigenvalue weighted by molar-refractivity contribution is 0.0484. The van der Waals surface area contributed by atoms with E-state index >= 15 is 0 Å². The van der Waals surface area contributed by atoms with E-state index in [1.807, 2.05) is 0 Å². The molecule has 1 aliphatic carbocycles. The first-order valence-corrected chi connectivity index (χ1v) is 21.5. The fraction of sp³-hybridized carbons (Fsp3) is 0.172. The topological polar surface area (TPSA) is 3.24 Å². The summed E-state index contributed by atoms with van der Waals surface area (Å²) in [6.45, 7) is 10.1. The normalized spacial score (nSPS) is 19.9. The molecule has 0 spiro atoms. The zero-order chi connectivity index (χ0) is 39.7. The summed E-state index contributed by atoms with van der Waals surface area (Å²) >= 11 is 0. The molecule has 10 aromatic carbocycles. The monoisotopic (exact) mass is 757 g/mol. The second-order valence-corrected chi connectivity index (χ2v) is 18.4. The molecule has 1 heteroatoms. The van der Waals surface area contributed by atoms with E-state index in [1.54, 1.807) is 0 Å². The summed E-state index contributed by atoms with van der Waals surface area (Å²) < 4.78 is 0. The number of hydrogen-bond donors (Lipinski definition) is 0. The van der Waals surface area contributed by atoms with Crippen molar-refractivity contribution in [2.75, 3.05) is 4.90 Å². The summed E-state index contributed by atoms with van der Waals surface area (Å²) in [6, 6.07) is 66.6. The maximum absolute atomic E-state index is 2.71. The highest BCUT2D eigenvalue weighted by atomic mass is 15.3. The lowest BCUT2D eigenvalue weighted by Gasteiger charge is -2.59. The Morgan fingerprint density at radius 1 is 0.407 bits per heavy atom. The first-order valence-electron chi connectivity index (χ1n) is 21.5. The van der Waals surface area contributed by atoms with E-state index in [1.165, 1.54) is 123 Å². The molecule has 1 saturated carbocycles. The molecule has 0 aromatic heterocycles. The summed E-state index contributed by atoms with van der Waals surface area (Å²) in [5, 5.41) is 13.0. The predicted molar refractivity (Wildman–Crippen MR) is 253 cm³/mol. The summed E-state index contributed by atoms with van der Waals surface area (Å²) in [6.07, 6.45) is 3.62. The van der Waals surface area contributed by atoms with Crippen molar-refractivity contribution < 1.29 is 0 Å². The number of anilines is 2. The summed E-state index contributed by atoms with van der Waals surface area (Å²) in [4.78, 5) is 2.71. The number of rotatable bonds is 4. The molecule has 59 heavy (non-hydrogen) atoms. The molecule has 1 fully saturated rings. The number of para-hydroxylation sites is 1. The van der Waals surface area contributed by atoms with Crippen LogP contribution in [0.4, 0.5) is 11.4 Å². The average molecular weight is 758 g/mol. The van der Waals surface area contributed by atoms with E-state index in [2.05, 4.69) is 209 Å². The number of hydrogen-bond acceptors (Lipinski definition) is 1. The smallest absolute Gasteiger partial charge is 0.0568 e. The van der Waals surface area contributed by atoms with Crippen LogP contribution in [-0.4, -0.2) is 5.54 Å². The van der Waals surface area contributed by atoms with Crippen molar-refractivity contribution in [3.05, 3.63) is 181 Å². The van der Waals surface area contributed by atoms with Gasteiger partial charge in [0.05, 0.1) is 5.54 Å². The van der Waals surface area contributed by atoms with Crippen LogP contribution in [0.25, 0.3) is 87.2 Å². The fourth-order valence-corrected chi connectivity index (χ4v) is 12.1. The van der Waals surface area contributed by atoms with Crippen molar-refractivity contribution in [3.63, 3.8) is 0 Å². The third kappa shape index (κ3) is 4.62. The lowest BCUT2D eigenvalue weighted by atomic mass is 9.51. The first-order chi connectivity index (χ1) is 28.8. The Kier molecular flexibility index (Phi) is 7.20. The fourth-order valence-electron chi connectivity index (χ4n) is 12.1. The van der Waals surface area contributed by atoms with Gasteiger partial charge in [0.25, 0.3) is 0 Å². The molecule has 1 unspecified atom stereocenters. The van der Waals surface area contributed by atoms with E-state index in [0.29, 0.717) is 0 Å². The number of fused-ring (bicyclic) bond motifs is 5. The Hall–Kier alpha value is -6.44. The zero-order valence-corrected chi connectivity index (χ0v) is 34.3. The quantitative estimate of drug-likeness (QED) is 0.162. The van der Waals surface area contributed by atoms with Gasteiger partial charge in [0.2, 0.25) is 0 Å². The van der Waals surface area contributed by atoms with Crippen LogP contribution in [0.15, 0.2) is 176 Å². The van der Waals surface area contributed by atoms with Crippen molar-refractivity contribution in [1.29, 1.82) is 0 Å². The molecule has 10 aromatic rings. The molecular weight excluding hydrogens is 711 g/mol. The van der Waals surface area contributed by atoms with E-state index in [-0.39, 0.29) is 16.4 Å². The minimum absolute atomic E-state index is 0.0362. The lowest BCUT2D eigenvalue weighted by Crippen LogP contribution is -2.64. The Bertz CT molecular complexity index is 3310. The molecule has 1 heterocycles. The molecular formula is C58H47N. The molecule has 284 valence electrons. The van der Waals surface area contributed by atoms with Gasteiger partial charge in [0.1, 0.15) is 0 Å². The second-order valence-electron chi connectivity index (χ2n) is 18.4. The van der Waals surface area contributed by atoms with Gasteiger partial charge in [-0.25, -0.2) is 0 Å². The van der Waals surface area contributed by atoms with Crippen LogP contribution in [0, 0.1) is 5.41 Å². The summed E-state index contributed by atoms with van der Waals surface area (Å²) in [7, 11) is 0. The largest absolute Gasteiger partial charge is 0.334 e. The van der Waals surface area contributed by atoms with Crippen LogP contribution in [-0.2, 0) is 5.41 Å². The van der Waals surface area contributed by atoms with Gasteiger partial charge in [-0.05, 0) is 148 Å². The minimum Gasteiger partial charge on any atom is -0.334 e. The molecule has 0 bridgehead atoms. The van der Waals surface area contributed by atoms with E-state index in [0.717, 1.165) is 0 Å². The van der Waals surface area contributed by atoms with Crippen molar-refractivity contribution >= 4 is 65.2 Å². The SMILES string of the molecule is CC1(C)CCC[C@]2(C)c3cc(-c4cc(-c5cccc6ccccc56)c5ccc6ccc(-c7cccc8ccccc78)c7ccc4c5c67)ccc3N(c3ccccc3)C12C. The highest BCUT2D eigenvalue weighted by molar-refractivity contribution is 6.31. The van der Waals surface area contributed by atoms with E-state index in [4.69, 9.17) is 0 Å². The zero-order valence-electron chi connectivity index (χ0n) is 34.3. The van der Waals surface area contributed by atoms with Crippen LogP contribution >= 0.6 is 0 Å². The van der Waals surface area contributed by atoms with Gasteiger partial charge < -0.3 is 4.90 Å². The maximum atomic E-state index is 2.71. The van der Waals surface area contributed by atoms with Gasteiger partial charge in [-0.3, -0.25) is 0 Å². The third-order valence-electron chi connectivity index (χ3n) is 15.4. The molecule has 0 saturated heterocycles. The van der Waals surface area contributed by atoms with E-state index in [9.17, 15) is 0 Å². The van der Waals surface area contributed by atoms with Gasteiger partial charge in [0.15, 0.2) is 0 Å². The van der Waals surface area contributed by atoms with Crippen molar-refractivity contribution in [3.8, 4) is 33.4 Å². The Morgan fingerprint density at radius 2 is 0.983 bits per heavy atom. The molecule has 1 aliphatic heterocycles. The number of benzene rings is 10. The van der Waals surface area contributed by atoms with Crippen LogP contribution in [0.5, 0.6) is 0 Å². The van der Waals surface area contributed by atoms with Gasteiger partial charge in [-0.2, -0.15) is 0 Å². The summed E-state index contributed by atoms with van der Waals surface area (Å²) in [5.41, 5.74) is 11.8. The maximum Gasteiger partial charge on any atom is 0.0568 e. The summed E-state index contributed by atoms with van der Waals surface area (Å²) in [5.74, 6) is 0. The van der Waals surface area contributed by atoms with Crippen LogP contribution in [0.3, 0.4) is 0 Å². The molecule has 0 radical (unpaired) electrons. The van der Waals surface area contributed by atoms with Crippen molar-refractivity contribution in [2.24, 2.45) is 5.41 Å². The standard InChI is InChI=1S/C58H47N/c1-56(2)33-14-34-57(3)52-35-40(27-32-53(52)59(58(56,57)4)41-19-6-5-7-20-41)50-36-51(45-24-13-18-38-16-9-11-22-43(38)45)49-29-26-39-25-28-46(47-30-31-48(50)55(49)54(39)47)44-23-12-17-37-15-8-10-21-42(37)44/h5-13,15-32,35-36H,14,33-34H2,1-4H3/t57-,58?/m1/s1. The van der Waals surface area contributed by atoms with Gasteiger partial charge >= 0.3 is 0 Å². The Balaban J connectivity index is 1.17. The molecule has 2 atom stereocenters. The third-order valence-corrected chi connectivity index (χ3v) is 15.4. The van der Waals surface area contributed by atoms with Crippen molar-refractivity contribution in [1.82, 2.24) is 0 Å². The van der Waals surface area contributed by atoms with Crippen LogP contribution in [0.1, 0.15) is 52.5 Å². The highest BCUT2D eigenvalue weighted by Gasteiger charge is 2.64. The van der Waals surface area contributed by atoms with E-state index < -0.39 is 0 Å². The van der Waals surface area contributed by atoms with Crippen LogP contribution in [0.2, 0.25) is 0 Å². The molecule has 0 N–H and O–H groups in total.